The molecular weight excluding hydrogens is 875 g/mol. The maximum atomic E-state index is 11.7. The molecule has 0 saturated heterocycles. The quantitative estimate of drug-likeness (QED) is 0.0705. The molecule has 0 atom stereocenters. The molecule has 4 aromatic rings. The first-order valence-corrected chi connectivity index (χ1v) is 23.7. The molecule has 0 spiro atoms. The molecule has 54 heavy (non-hydrogen) atoms. The predicted molar refractivity (Wildman–Crippen MR) is 236 cm³/mol. The van der Waals surface area contributed by atoms with Gasteiger partial charge < -0.3 is 5.11 Å². The van der Waals surface area contributed by atoms with Crippen LogP contribution in [0.5, 0.6) is 0 Å². The Bertz CT molecular complexity index is 1850. The van der Waals surface area contributed by atoms with Crippen LogP contribution in [0.2, 0.25) is 15.6 Å². The number of hydrogen-bond acceptors (Lipinski definition) is 4. The summed E-state index contributed by atoms with van der Waals surface area (Å²) in [7, 11) is -2.02. The molecule has 0 amide bonds. The van der Waals surface area contributed by atoms with E-state index in [0.29, 0.717) is 5.92 Å². The number of aliphatic hydroxyl groups excluding tert-OH is 1. The maximum Gasteiger partial charge on any atom is 0.162 e. The van der Waals surface area contributed by atoms with Crippen molar-refractivity contribution in [2.75, 3.05) is 0 Å². The van der Waals surface area contributed by atoms with Crippen molar-refractivity contribution < 1.29 is 30.0 Å². The Morgan fingerprint density at radius 2 is 1.48 bits per heavy atom. The first-order chi connectivity index (χ1) is 25.0. The molecule has 1 aliphatic carbocycles. The van der Waals surface area contributed by atoms with Crippen LogP contribution in [-0.4, -0.2) is 23.9 Å². The fourth-order valence-corrected chi connectivity index (χ4v) is 22.9. The topological polar surface area (TPSA) is 50.2 Å². The van der Waals surface area contributed by atoms with Crippen molar-refractivity contribution in [1.29, 1.82) is 0 Å². The van der Waals surface area contributed by atoms with Gasteiger partial charge in [-0.3, -0.25) is 9.78 Å². The van der Waals surface area contributed by atoms with Gasteiger partial charge >= 0.3 is 0 Å². The standard InChI is InChI=1S/C35H46NSSi.C13H24O2.Ir/c1-23(2)30-22-26(21-25-15-13-14-18-29(25)30)31-32-28(19-20-36-31)24(3)33(37-32)38(34(4,5)6,35(7,8)9)27-16-11-10-12-17-27;1-5-10(6-2)12(14)9-13(15)11(7-3)8-4;/h13-15,18-20,22-23,27H,10-12,16-17H2,1-9H3;9-11,14H,5-8H2,1-4H3;/q-1;;/b;12-9-;. The summed E-state index contributed by atoms with van der Waals surface area (Å²) in [4.78, 5) is 16.8. The third kappa shape index (κ3) is 9.36. The van der Waals surface area contributed by atoms with E-state index in [1.807, 2.05) is 33.9 Å². The van der Waals surface area contributed by atoms with Gasteiger partial charge in [-0.2, -0.15) is 11.3 Å². The second-order valence-electron chi connectivity index (χ2n) is 18.1. The summed E-state index contributed by atoms with van der Waals surface area (Å²) in [6.07, 6.45) is 13.9. The number of hydrogen-bond donors (Lipinski definition) is 1. The Morgan fingerprint density at radius 1 is 0.907 bits per heavy atom. The minimum absolute atomic E-state index is 0. The molecule has 0 aliphatic heterocycles. The first kappa shape index (κ1) is 46.3. The van der Waals surface area contributed by atoms with Crippen molar-refractivity contribution in [2.45, 2.75) is 169 Å². The summed E-state index contributed by atoms with van der Waals surface area (Å²) < 4.78 is 3.10. The van der Waals surface area contributed by atoms with Crippen LogP contribution in [0, 0.1) is 24.8 Å². The normalized spacial score (nSPS) is 14.9. The van der Waals surface area contributed by atoms with E-state index in [1.165, 1.54) is 70.2 Å². The van der Waals surface area contributed by atoms with Gasteiger partial charge in [-0.15, -0.1) is 29.1 Å². The summed E-state index contributed by atoms with van der Waals surface area (Å²) in [6.45, 7) is 30.5. The van der Waals surface area contributed by atoms with Gasteiger partial charge in [0.15, 0.2) is 5.78 Å². The van der Waals surface area contributed by atoms with E-state index in [1.54, 1.807) is 4.50 Å². The second kappa shape index (κ2) is 19.4. The van der Waals surface area contributed by atoms with Crippen molar-refractivity contribution in [3.63, 3.8) is 0 Å². The van der Waals surface area contributed by atoms with Crippen molar-refractivity contribution in [3.8, 4) is 11.3 Å². The van der Waals surface area contributed by atoms with Gasteiger partial charge in [-0.1, -0.05) is 144 Å². The van der Waals surface area contributed by atoms with Gasteiger partial charge in [-0.25, -0.2) is 0 Å². The predicted octanol–water partition coefficient (Wildman–Crippen LogP) is 14.8. The Morgan fingerprint density at radius 3 is 2.02 bits per heavy atom. The van der Waals surface area contributed by atoms with Crippen molar-refractivity contribution in [1.82, 2.24) is 4.98 Å². The van der Waals surface area contributed by atoms with Crippen LogP contribution < -0.4 is 4.50 Å². The van der Waals surface area contributed by atoms with Gasteiger partial charge in [0.2, 0.25) is 0 Å². The molecule has 1 aliphatic rings. The van der Waals surface area contributed by atoms with E-state index in [0.717, 1.165) is 42.5 Å². The van der Waals surface area contributed by atoms with Crippen molar-refractivity contribution >= 4 is 50.6 Å². The smallest absolute Gasteiger partial charge is 0.162 e. The fourth-order valence-electron chi connectivity index (χ4n) is 10.1. The van der Waals surface area contributed by atoms with Crippen LogP contribution in [0.25, 0.3) is 32.1 Å². The second-order valence-corrected chi connectivity index (χ2v) is 25.4. The number of rotatable bonds is 11. The average Bonchev–Trinajstić information content (AvgIpc) is 3.44. The molecule has 3 nitrogen and oxygen atoms in total. The molecule has 299 valence electrons. The first-order valence-electron chi connectivity index (χ1n) is 20.8. The summed E-state index contributed by atoms with van der Waals surface area (Å²) in [6, 6.07) is 17.1. The Kier molecular flexibility index (Phi) is 16.6. The van der Waals surface area contributed by atoms with Crippen LogP contribution in [0.15, 0.2) is 54.4 Å². The summed E-state index contributed by atoms with van der Waals surface area (Å²) >= 11 is 2.10. The van der Waals surface area contributed by atoms with E-state index >= 15 is 0 Å². The summed E-state index contributed by atoms with van der Waals surface area (Å²) in [5, 5.41) is 14.2. The Labute approximate surface area is 347 Å². The summed E-state index contributed by atoms with van der Waals surface area (Å²) in [5.41, 5.74) is 6.00. The Hall–Kier alpha value is -2.11. The van der Waals surface area contributed by atoms with E-state index in [9.17, 15) is 9.90 Å². The average molecular weight is 945 g/mol. The number of carbonyl (C=O) groups is 1. The third-order valence-electron chi connectivity index (χ3n) is 12.6. The minimum Gasteiger partial charge on any atom is -0.512 e. The third-order valence-corrected chi connectivity index (χ3v) is 22.6. The molecule has 0 bridgehead atoms. The number of thiophene rings is 1. The van der Waals surface area contributed by atoms with Crippen LogP contribution in [-0.2, 0) is 24.9 Å². The SMILES string of the molecule is CCC(CC)C(=O)/C=C(\O)C(CC)CC.Cc1c([Si](C2CCCCC2)(C(C)(C)C)C(C)(C)C)sc2c(-c3[c-]c4ccccc4c(C(C)C)c3)nccc12.[Ir]. The number of aromatic nitrogens is 1. The van der Waals surface area contributed by atoms with Gasteiger partial charge in [0.25, 0.3) is 0 Å². The summed E-state index contributed by atoms with van der Waals surface area (Å²) in [5.74, 6) is 0.993. The van der Waals surface area contributed by atoms with E-state index in [4.69, 9.17) is 4.98 Å². The van der Waals surface area contributed by atoms with E-state index in [2.05, 4.69) is 116 Å². The van der Waals surface area contributed by atoms with Crippen LogP contribution in [0.1, 0.15) is 158 Å². The van der Waals surface area contributed by atoms with Crippen LogP contribution in [0.3, 0.4) is 0 Å². The maximum absolute atomic E-state index is 11.7. The molecule has 2 aromatic heterocycles. The molecule has 5 rings (SSSR count). The molecule has 2 aromatic carbocycles. The van der Waals surface area contributed by atoms with Gasteiger partial charge in [0.1, 0.15) is 8.07 Å². The number of fused-ring (bicyclic) bond motifs is 2. The molecule has 0 unspecified atom stereocenters. The van der Waals surface area contributed by atoms with E-state index < -0.39 is 8.07 Å². The number of allylic oxidation sites excluding steroid dienone is 2. The monoisotopic (exact) mass is 945 g/mol. The molecule has 1 N–H and O–H groups in total. The number of pyridine rings is 1. The zero-order valence-electron chi connectivity index (χ0n) is 35.8. The molecular formula is C48H70IrNO2SSi-. The number of benzene rings is 2. The number of aryl methyl sites for hydroxylation is 1. The van der Waals surface area contributed by atoms with Crippen LogP contribution in [0.4, 0.5) is 0 Å². The van der Waals surface area contributed by atoms with Crippen LogP contribution >= 0.6 is 11.3 Å². The van der Waals surface area contributed by atoms with Gasteiger partial charge in [0.05, 0.1) is 5.76 Å². The number of ketones is 1. The van der Waals surface area contributed by atoms with Crippen molar-refractivity contribution in [3.05, 3.63) is 71.6 Å². The number of nitrogens with zero attached hydrogens (tertiary/aromatic N) is 1. The zero-order valence-corrected chi connectivity index (χ0v) is 40.0. The zero-order chi connectivity index (χ0) is 39.3. The van der Waals surface area contributed by atoms with Gasteiger partial charge in [-0.05, 0) is 75.7 Å². The molecule has 6 heteroatoms. The number of aliphatic hydroxyl groups is 1. The molecule has 1 fully saturated rings. The van der Waals surface area contributed by atoms with Gasteiger partial charge in [0, 0.05) is 54.6 Å². The van der Waals surface area contributed by atoms with Crippen molar-refractivity contribution in [2.24, 2.45) is 11.8 Å². The largest absolute Gasteiger partial charge is 0.512 e. The molecule has 2 heterocycles. The Balaban J connectivity index is 0.000000418. The minimum atomic E-state index is -2.02. The van der Waals surface area contributed by atoms with E-state index in [-0.39, 0.29) is 53.6 Å². The molecule has 1 saturated carbocycles. The molecule has 1 radical (unpaired) electrons. The fraction of sp³-hybridized carbons (Fsp3) is 0.583. The number of carbonyl (C=O) groups excluding carboxylic acids is 1.